The molecule has 2 N–H and O–H groups in total. The molecule has 0 saturated carbocycles. The summed E-state index contributed by atoms with van der Waals surface area (Å²) in [7, 11) is 3.71. The first kappa shape index (κ1) is 14.7. The van der Waals surface area contributed by atoms with Crippen LogP contribution in [0, 0.1) is 0 Å². The highest BCUT2D eigenvalue weighted by atomic mass is 127. The van der Waals surface area contributed by atoms with Crippen LogP contribution in [-0.4, -0.2) is 29.1 Å². The third kappa shape index (κ3) is 4.40. The normalized spacial score (nSPS) is 12.8. The van der Waals surface area contributed by atoms with Gasteiger partial charge in [-0.25, -0.2) is 4.98 Å². The molecule has 17 heavy (non-hydrogen) atoms. The second kappa shape index (κ2) is 7.13. The molecule has 0 fully saturated rings. The topological polar surface area (TPSA) is 48.4 Å². The smallest absolute Gasteiger partial charge is 0.135 e. The van der Waals surface area contributed by atoms with E-state index in [1.807, 2.05) is 26.2 Å². The van der Waals surface area contributed by atoms with E-state index in [2.05, 4.69) is 38.3 Å². The van der Waals surface area contributed by atoms with Crippen LogP contribution in [0.4, 0.5) is 5.82 Å². The summed E-state index contributed by atoms with van der Waals surface area (Å²) in [6.45, 7) is 2.16. The van der Waals surface area contributed by atoms with Gasteiger partial charge in [0.25, 0.3) is 0 Å². The summed E-state index contributed by atoms with van der Waals surface area (Å²) < 4.78 is 3.01. The minimum atomic E-state index is -0.582. The molecule has 0 aliphatic carbocycles. The Morgan fingerprint density at radius 2 is 2.18 bits per heavy atom. The zero-order valence-electron chi connectivity index (χ0n) is 10.6. The Hall–Kier alpha value is -0.400. The molecule has 1 heterocycles. The number of aliphatic hydroxyl groups excluding tert-OH is 1. The van der Waals surface area contributed by atoms with Crippen LogP contribution >= 0.6 is 22.9 Å². The summed E-state index contributed by atoms with van der Waals surface area (Å²) >= 11 is 2.06. The zero-order chi connectivity index (χ0) is 12.8. The largest absolute Gasteiger partial charge is 0.374 e. The Balaban J connectivity index is 2.96. The molecule has 5 heteroatoms. The van der Waals surface area contributed by atoms with E-state index in [1.54, 1.807) is 4.90 Å². The van der Waals surface area contributed by atoms with Crippen molar-refractivity contribution < 1.29 is 5.11 Å². The standard InChI is InChI=1S/C12H20IN3O/c1-4-5-6-10-7-9(12(17)16(2)3)8-11(14-10)15-13/h7-8,12,17H,4-6H2,1-3H3,(H,14,15). The summed E-state index contributed by atoms with van der Waals surface area (Å²) in [6, 6.07) is 3.87. The molecular weight excluding hydrogens is 329 g/mol. The lowest BCUT2D eigenvalue weighted by molar-refractivity contribution is 0.0394. The van der Waals surface area contributed by atoms with Crippen molar-refractivity contribution >= 4 is 28.7 Å². The lowest BCUT2D eigenvalue weighted by Gasteiger charge is -2.19. The van der Waals surface area contributed by atoms with Crippen molar-refractivity contribution in [2.75, 3.05) is 17.6 Å². The van der Waals surface area contributed by atoms with Crippen molar-refractivity contribution in [3.8, 4) is 0 Å². The van der Waals surface area contributed by atoms with E-state index in [4.69, 9.17) is 0 Å². The number of aryl methyl sites for hydroxylation is 1. The molecule has 0 spiro atoms. The summed E-state index contributed by atoms with van der Waals surface area (Å²) in [6.07, 6.45) is 2.64. The van der Waals surface area contributed by atoms with E-state index in [9.17, 15) is 5.11 Å². The fourth-order valence-corrected chi connectivity index (χ4v) is 1.87. The molecule has 96 valence electrons. The molecule has 0 saturated heterocycles. The number of rotatable bonds is 6. The molecule has 0 aromatic carbocycles. The second-order valence-electron chi connectivity index (χ2n) is 4.31. The molecular formula is C12H20IN3O. The third-order valence-electron chi connectivity index (χ3n) is 2.57. The number of nitrogens with zero attached hydrogens (tertiary/aromatic N) is 2. The third-order valence-corrected chi connectivity index (χ3v) is 3.12. The predicted molar refractivity (Wildman–Crippen MR) is 79.1 cm³/mol. The van der Waals surface area contributed by atoms with Gasteiger partial charge in [0.1, 0.15) is 12.0 Å². The summed E-state index contributed by atoms with van der Waals surface area (Å²) in [5, 5.41) is 10.0. The zero-order valence-corrected chi connectivity index (χ0v) is 12.7. The van der Waals surface area contributed by atoms with Crippen LogP contribution in [0.15, 0.2) is 12.1 Å². The van der Waals surface area contributed by atoms with E-state index < -0.39 is 6.23 Å². The SMILES string of the molecule is CCCCc1cc(C(O)N(C)C)cc(NI)n1. The number of anilines is 1. The van der Waals surface area contributed by atoms with Gasteiger partial charge in [0.2, 0.25) is 0 Å². The van der Waals surface area contributed by atoms with E-state index in [0.717, 1.165) is 36.3 Å². The van der Waals surface area contributed by atoms with E-state index >= 15 is 0 Å². The lowest BCUT2D eigenvalue weighted by atomic mass is 10.1. The number of nitrogens with one attached hydrogen (secondary N) is 1. The molecule has 0 aliphatic rings. The van der Waals surface area contributed by atoms with E-state index in [1.165, 1.54) is 0 Å². The highest BCUT2D eigenvalue weighted by Crippen LogP contribution is 2.21. The number of hydrogen-bond acceptors (Lipinski definition) is 4. The Kier molecular flexibility index (Phi) is 6.15. The molecule has 1 atom stereocenters. The maximum absolute atomic E-state index is 10.0. The van der Waals surface area contributed by atoms with Gasteiger partial charge in [0.15, 0.2) is 0 Å². The van der Waals surface area contributed by atoms with E-state index in [0.29, 0.717) is 0 Å². The summed E-state index contributed by atoms with van der Waals surface area (Å²) in [4.78, 5) is 6.26. The Bertz CT molecular complexity index is 358. The second-order valence-corrected chi connectivity index (χ2v) is 4.85. The van der Waals surface area contributed by atoms with Crippen LogP contribution in [-0.2, 0) is 6.42 Å². The molecule has 0 amide bonds. The molecule has 0 aliphatic heterocycles. The number of aromatic nitrogens is 1. The van der Waals surface area contributed by atoms with Gasteiger partial charge in [-0.15, -0.1) is 0 Å². The maximum atomic E-state index is 10.0. The van der Waals surface area contributed by atoms with Gasteiger partial charge in [-0.3, -0.25) is 4.90 Å². The van der Waals surface area contributed by atoms with Crippen LogP contribution in [0.3, 0.4) is 0 Å². The van der Waals surface area contributed by atoms with Crippen LogP contribution in [0.25, 0.3) is 0 Å². The van der Waals surface area contributed by atoms with Crippen LogP contribution in [0.2, 0.25) is 0 Å². The number of hydrogen-bond donors (Lipinski definition) is 2. The maximum Gasteiger partial charge on any atom is 0.135 e. The van der Waals surface area contributed by atoms with Gasteiger partial charge in [-0.05, 0) is 39.1 Å². The quantitative estimate of drug-likeness (QED) is 0.471. The molecule has 1 unspecified atom stereocenters. The first-order chi connectivity index (χ1) is 8.08. The van der Waals surface area contributed by atoms with Crippen molar-refractivity contribution in [2.24, 2.45) is 0 Å². The van der Waals surface area contributed by atoms with Gasteiger partial charge in [-0.2, -0.15) is 0 Å². The Morgan fingerprint density at radius 3 is 2.71 bits per heavy atom. The fraction of sp³-hybridized carbons (Fsp3) is 0.583. The molecule has 1 aromatic heterocycles. The van der Waals surface area contributed by atoms with Crippen molar-refractivity contribution in [1.29, 1.82) is 0 Å². The average molecular weight is 349 g/mol. The van der Waals surface area contributed by atoms with Crippen LogP contribution in [0.1, 0.15) is 37.3 Å². The Morgan fingerprint density at radius 1 is 1.47 bits per heavy atom. The first-order valence-electron chi connectivity index (χ1n) is 5.80. The monoisotopic (exact) mass is 349 g/mol. The minimum absolute atomic E-state index is 0.582. The van der Waals surface area contributed by atoms with Crippen molar-refractivity contribution in [2.45, 2.75) is 32.4 Å². The summed E-state index contributed by atoms with van der Waals surface area (Å²) in [5.74, 6) is 0.801. The average Bonchev–Trinajstić information content (AvgIpc) is 2.34. The van der Waals surface area contributed by atoms with Gasteiger partial charge in [-0.1, -0.05) is 13.3 Å². The molecule has 4 nitrogen and oxygen atoms in total. The van der Waals surface area contributed by atoms with Crippen molar-refractivity contribution in [3.63, 3.8) is 0 Å². The van der Waals surface area contributed by atoms with Gasteiger partial charge >= 0.3 is 0 Å². The van der Waals surface area contributed by atoms with Crippen molar-refractivity contribution in [1.82, 2.24) is 9.88 Å². The molecule has 1 rings (SSSR count). The van der Waals surface area contributed by atoms with Gasteiger partial charge in [0.05, 0.1) is 22.9 Å². The minimum Gasteiger partial charge on any atom is -0.374 e. The Labute approximate surface area is 117 Å². The highest BCUT2D eigenvalue weighted by Gasteiger charge is 2.12. The van der Waals surface area contributed by atoms with Gasteiger partial charge < -0.3 is 8.64 Å². The molecule has 0 radical (unpaired) electrons. The fourth-order valence-electron chi connectivity index (χ4n) is 1.59. The highest BCUT2D eigenvalue weighted by molar-refractivity contribution is 14.1. The predicted octanol–water partition coefficient (Wildman–Crippen LogP) is 2.74. The summed E-state index contributed by atoms with van der Waals surface area (Å²) in [5.41, 5.74) is 1.92. The van der Waals surface area contributed by atoms with Gasteiger partial charge in [0, 0.05) is 11.3 Å². The number of pyridine rings is 1. The van der Waals surface area contributed by atoms with E-state index in [-0.39, 0.29) is 0 Å². The van der Waals surface area contributed by atoms with Crippen LogP contribution in [0.5, 0.6) is 0 Å². The van der Waals surface area contributed by atoms with Crippen LogP contribution < -0.4 is 3.53 Å². The molecule has 1 aromatic rings. The first-order valence-corrected chi connectivity index (χ1v) is 6.88. The van der Waals surface area contributed by atoms with Crippen molar-refractivity contribution in [3.05, 3.63) is 23.4 Å². The number of unbranched alkanes of at least 4 members (excludes halogenated alkanes) is 1. The number of halogens is 1. The number of aliphatic hydroxyl groups is 1. The molecule has 0 bridgehead atoms. The lowest BCUT2D eigenvalue weighted by Crippen LogP contribution is -2.19.